The summed E-state index contributed by atoms with van der Waals surface area (Å²) in [5, 5.41) is 3.24. The number of hydrogen-bond acceptors (Lipinski definition) is 2. The second-order valence-corrected chi connectivity index (χ2v) is 3.03. The van der Waals surface area contributed by atoms with Gasteiger partial charge in [-0.2, -0.15) is 0 Å². The molecule has 0 saturated heterocycles. The molecule has 1 rings (SSSR count). The third-order valence-electron chi connectivity index (χ3n) is 0.876. The minimum Gasteiger partial charge on any atom is -0.246 e. The maximum atomic E-state index is 4.23. The monoisotopic (exact) mass is 145 g/mol. The van der Waals surface area contributed by atoms with Crippen molar-refractivity contribution >= 4 is 20.6 Å². The van der Waals surface area contributed by atoms with E-state index < -0.39 is 0 Å². The molecule has 0 aromatic carbocycles. The Hall–Kier alpha value is 0.0600. The highest BCUT2D eigenvalue weighted by Crippen LogP contribution is 2.09. The molecule has 1 atom stereocenters. The number of hydrogen-bond donors (Lipinski definition) is 0. The highest BCUT2D eigenvalue weighted by Gasteiger charge is 1.91. The van der Waals surface area contributed by atoms with Gasteiger partial charge in [0.05, 0.1) is 10.7 Å². The number of rotatable bonds is 1. The van der Waals surface area contributed by atoms with Gasteiger partial charge in [-0.3, -0.25) is 0 Å². The van der Waals surface area contributed by atoms with Crippen LogP contribution in [-0.4, -0.2) is 4.98 Å². The summed E-state index contributed by atoms with van der Waals surface area (Å²) in [6, 6.07) is 0. The Balaban J connectivity index is 2.84. The zero-order valence-electron chi connectivity index (χ0n) is 4.72. The fraction of sp³-hybridized carbons (Fsp3) is 0.400. The van der Waals surface area contributed by atoms with E-state index in [1.165, 1.54) is 5.69 Å². The van der Waals surface area contributed by atoms with E-state index in [-0.39, 0.29) is 0 Å². The van der Waals surface area contributed by atoms with Crippen LogP contribution < -0.4 is 0 Å². The standard InChI is InChI=1S/C5H8NPS/c1-4-6-5(2-7)3-8-4/h3H,2,7H2,1H3. The first-order chi connectivity index (χ1) is 3.83. The molecule has 0 spiro atoms. The Morgan fingerprint density at radius 2 is 2.62 bits per heavy atom. The van der Waals surface area contributed by atoms with Gasteiger partial charge < -0.3 is 0 Å². The molecule has 0 fully saturated rings. The summed E-state index contributed by atoms with van der Waals surface area (Å²) in [5.41, 5.74) is 1.18. The molecular weight excluding hydrogens is 137 g/mol. The molecule has 0 radical (unpaired) electrons. The maximum Gasteiger partial charge on any atom is 0.0897 e. The van der Waals surface area contributed by atoms with Crippen molar-refractivity contribution in [2.45, 2.75) is 13.1 Å². The van der Waals surface area contributed by atoms with Crippen molar-refractivity contribution in [3.8, 4) is 0 Å². The van der Waals surface area contributed by atoms with Gasteiger partial charge in [-0.15, -0.1) is 20.6 Å². The van der Waals surface area contributed by atoms with E-state index in [4.69, 9.17) is 0 Å². The number of thiazole rings is 1. The van der Waals surface area contributed by atoms with Crippen LogP contribution in [0.1, 0.15) is 10.7 Å². The Bertz CT molecular complexity index is 173. The first-order valence-corrected chi connectivity index (χ1v) is 4.13. The van der Waals surface area contributed by atoms with Crippen LogP contribution in [0.2, 0.25) is 0 Å². The van der Waals surface area contributed by atoms with Gasteiger partial charge in [0, 0.05) is 11.5 Å². The lowest BCUT2D eigenvalue weighted by Gasteiger charge is -1.79. The number of aromatic nitrogens is 1. The lowest BCUT2D eigenvalue weighted by molar-refractivity contribution is 1.18. The summed E-state index contributed by atoms with van der Waals surface area (Å²) in [4.78, 5) is 4.23. The van der Waals surface area contributed by atoms with Crippen molar-refractivity contribution in [3.63, 3.8) is 0 Å². The molecule has 1 nitrogen and oxygen atoms in total. The Morgan fingerprint density at radius 3 is 2.88 bits per heavy atom. The smallest absolute Gasteiger partial charge is 0.0897 e. The summed E-state index contributed by atoms with van der Waals surface area (Å²) in [6.07, 6.45) is 0.977. The van der Waals surface area contributed by atoms with Gasteiger partial charge in [0.2, 0.25) is 0 Å². The van der Waals surface area contributed by atoms with Gasteiger partial charge >= 0.3 is 0 Å². The average Bonchev–Trinajstić information content (AvgIpc) is 2.14. The van der Waals surface area contributed by atoms with Crippen LogP contribution in [0, 0.1) is 6.92 Å². The minimum absolute atomic E-state index is 0.977. The molecule has 0 aliphatic rings. The molecule has 1 aromatic heterocycles. The maximum absolute atomic E-state index is 4.23. The quantitative estimate of drug-likeness (QED) is 0.549. The molecule has 44 valence electrons. The minimum atomic E-state index is 0.977. The Kier molecular flexibility index (Phi) is 1.98. The zero-order chi connectivity index (χ0) is 5.98. The number of nitrogens with zero attached hydrogens (tertiary/aromatic N) is 1. The van der Waals surface area contributed by atoms with E-state index >= 15 is 0 Å². The lowest BCUT2D eigenvalue weighted by Crippen LogP contribution is -1.73. The fourth-order valence-corrected chi connectivity index (χ4v) is 1.51. The molecule has 0 aliphatic heterocycles. The van der Waals surface area contributed by atoms with Crippen molar-refractivity contribution < 1.29 is 0 Å². The van der Waals surface area contributed by atoms with Crippen molar-refractivity contribution in [3.05, 3.63) is 16.1 Å². The van der Waals surface area contributed by atoms with E-state index in [0.29, 0.717) is 0 Å². The van der Waals surface area contributed by atoms with Crippen molar-refractivity contribution in [2.24, 2.45) is 0 Å². The van der Waals surface area contributed by atoms with Gasteiger partial charge in [-0.1, -0.05) is 0 Å². The summed E-state index contributed by atoms with van der Waals surface area (Å²) in [7, 11) is 2.65. The third kappa shape index (κ3) is 1.27. The normalized spacial score (nSPS) is 9.75. The molecule has 0 N–H and O–H groups in total. The van der Waals surface area contributed by atoms with Gasteiger partial charge in [-0.05, 0) is 6.92 Å². The second-order valence-electron chi connectivity index (χ2n) is 1.56. The molecule has 0 aliphatic carbocycles. The van der Waals surface area contributed by atoms with E-state index in [0.717, 1.165) is 11.2 Å². The van der Waals surface area contributed by atoms with Gasteiger partial charge in [0.15, 0.2) is 0 Å². The summed E-state index contributed by atoms with van der Waals surface area (Å²) >= 11 is 1.70. The topological polar surface area (TPSA) is 12.9 Å². The van der Waals surface area contributed by atoms with Crippen LogP contribution in [0.15, 0.2) is 5.38 Å². The van der Waals surface area contributed by atoms with Crippen molar-refractivity contribution in [2.75, 3.05) is 0 Å². The molecule has 3 heteroatoms. The molecular formula is C5H8NPS. The van der Waals surface area contributed by atoms with Crippen molar-refractivity contribution in [1.82, 2.24) is 4.98 Å². The van der Waals surface area contributed by atoms with Crippen LogP contribution in [0.3, 0.4) is 0 Å². The van der Waals surface area contributed by atoms with Crippen LogP contribution in [0.4, 0.5) is 0 Å². The van der Waals surface area contributed by atoms with E-state index in [1.54, 1.807) is 11.3 Å². The first kappa shape index (κ1) is 6.18. The van der Waals surface area contributed by atoms with E-state index in [9.17, 15) is 0 Å². The van der Waals surface area contributed by atoms with Crippen LogP contribution >= 0.6 is 20.6 Å². The Labute approximate surface area is 55.4 Å². The SMILES string of the molecule is Cc1nc(CP)cs1. The molecule has 0 amide bonds. The molecule has 1 unspecified atom stereocenters. The van der Waals surface area contributed by atoms with Gasteiger partial charge in [0.25, 0.3) is 0 Å². The third-order valence-corrected chi connectivity index (χ3v) is 2.12. The first-order valence-electron chi connectivity index (χ1n) is 2.44. The zero-order valence-corrected chi connectivity index (χ0v) is 6.69. The lowest BCUT2D eigenvalue weighted by atomic mass is 10.6. The molecule has 8 heavy (non-hydrogen) atoms. The van der Waals surface area contributed by atoms with Crippen LogP contribution in [0.5, 0.6) is 0 Å². The van der Waals surface area contributed by atoms with Gasteiger partial charge in [0.1, 0.15) is 0 Å². The second kappa shape index (κ2) is 2.56. The largest absolute Gasteiger partial charge is 0.246 e. The molecule has 0 bridgehead atoms. The van der Waals surface area contributed by atoms with Crippen molar-refractivity contribution in [1.29, 1.82) is 0 Å². The van der Waals surface area contributed by atoms with E-state index in [1.807, 2.05) is 6.92 Å². The summed E-state index contributed by atoms with van der Waals surface area (Å²) in [6.45, 7) is 2.02. The fourth-order valence-electron chi connectivity index (χ4n) is 0.502. The molecule has 1 heterocycles. The summed E-state index contributed by atoms with van der Waals surface area (Å²) in [5.74, 6) is 0. The predicted octanol–water partition coefficient (Wildman–Crippen LogP) is 1.83. The van der Waals surface area contributed by atoms with Gasteiger partial charge in [-0.25, -0.2) is 4.98 Å². The molecule has 0 saturated carbocycles. The summed E-state index contributed by atoms with van der Waals surface area (Å²) < 4.78 is 0. The van der Waals surface area contributed by atoms with Crippen LogP contribution in [-0.2, 0) is 6.16 Å². The Morgan fingerprint density at radius 1 is 1.88 bits per heavy atom. The number of aryl methyl sites for hydroxylation is 1. The van der Waals surface area contributed by atoms with Crippen LogP contribution in [0.25, 0.3) is 0 Å². The van der Waals surface area contributed by atoms with E-state index in [2.05, 4.69) is 19.6 Å². The highest BCUT2D eigenvalue weighted by atomic mass is 32.1. The highest BCUT2D eigenvalue weighted by molar-refractivity contribution is 7.15. The molecule has 1 aromatic rings. The predicted molar refractivity (Wildman–Crippen MR) is 40.3 cm³/mol. The average molecular weight is 145 g/mol.